The van der Waals surface area contributed by atoms with Crippen molar-refractivity contribution in [3.05, 3.63) is 70.6 Å². The fourth-order valence-electron chi connectivity index (χ4n) is 2.40. The molecule has 0 unspecified atom stereocenters. The molecule has 0 aliphatic heterocycles. The lowest BCUT2D eigenvalue weighted by atomic mass is 10.1. The highest BCUT2D eigenvalue weighted by atomic mass is 79.9. The Balaban J connectivity index is 1.53. The van der Waals surface area contributed by atoms with Crippen LogP contribution in [0, 0.1) is 5.82 Å². The highest BCUT2D eigenvalue weighted by Gasteiger charge is 2.11. The van der Waals surface area contributed by atoms with E-state index >= 15 is 0 Å². The van der Waals surface area contributed by atoms with Crippen LogP contribution in [-0.4, -0.2) is 21.6 Å². The fraction of sp³-hybridized carbons (Fsp3) is 0.158. The number of rotatable bonds is 6. The molecular formula is C19H17BrFN3OS. The van der Waals surface area contributed by atoms with E-state index in [9.17, 15) is 9.18 Å². The third-order valence-electron chi connectivity index (χ3n) is 3.80. The second kappa shape index (κ2) is 8.51. The molecule has 0 saturated heterocycles. The Hall–Kier alpha value is -2.12. The van der Waals surface area contributed by atoms with Crippen LogP contribution in [0.2, 0.25) is 0 Å². The number of thioether (sulfide) groups is 1. The predicted molar refractivity (Wildman–Crippen MR) is 105 cm³/mol. The van der Waals surface area contributed by atoms with Gasteiger partial charge in [0, 0.05) is 4.47 Å². The highest BCUT2D eigenvalue weighted by Crippen LogP contribution is 2.23. The molecule has 0 spiro atoms. The van der Waals surface area contributed by atoms with Gasteiger partial charge in [-0.05, 0) is 42.3 Å². The number of carbonyl (C=O) groups is 1. The minimum atomic E-state index is -0.290. The van der Waals surface area contributed by atoms with Gasteiger partial charge >= 0.3 is 0 Å². The van der Waals surface area contributed by atoms with Crippen LogP contribution in [0.4, 0.5) is 4.39 Å². The zero-order valence-electron chi connectivity index (χ0n) is 14.0. The van der Waals surface area contributed by atoms with Gasteiger partial charge in [0.1, 0.15) is 5.82 Å². The zero-order chi connectivity index (χ0) is 18.5. The molecule has 1 aromatic heterocycles. The molecule has 1 amide bonds. The molecule has 1 heterocycles. The van der Waals surface area contributed by atoms with Crippen molar-refractivity contribution in [2.24, 2.45) is 0 Å². The maximum Gasteiger partial charge on any atom is 0.230 e. The van der Waals surface area contributed by atoms with E-state index in [-0.39, 0.29) is 23.5 Å². The van der Waals surface area contributed by atoms with Gasteiger partial charge in [-0.2, -0.15) is 0 Å². The average Bonchev–Trinajstić information content (AvgIpc) is 3.10. The van der Waals surface area contributed by atoms with E-state index in [1.807, 2.05) is 31.2 Å². The van der Waals surface area contributed by atoms with Crippen molar-refractivity contribution in [3.63, 3.8) is 0 Å². The summed E-state index contributed by atoms with van der Waals surface area (Å²) in [6, 6.07) is 13.8. The second-order valence-electron chi connectivity index (χ2n) is 5.74. The van der Waals surface area contributed by atoms with E-state index in [2.05, 4.69) is 31.2 Å². The van der Waals surface area contributed by atoms with Gasteiger partial charge in [0.05, 0.1) is 23.7 Å². The maximum atomic E-state index is 13.0. The number of hydrogen-bond donors (Lipinski definition) is 2. The number of H-pyrrole nitrogens is 1. The number of carbonyl (C=O) groups excluding carboxylic acids is 1. The van der Waals surface area contributed by atoms with Gasteiger partial charge in [-0.1, -0.05) is 52.0 Å². The normalized spacial score (nSPS) is 12.0. The van der Waals surface area contributed by atoms with Gasteiger partial charge in [0.25, 0.3) is 0 Å². The van der Waals surface area contributed by atoms with Crippen LogP contribution < -0.4 is 5.32 Å². The quantitative estimate of drug-likeness (QED) is 0.540. The predicted octanol–water partition coefficient (Wildman–Crippen LogP) is 4.95. The zero-order valence-corrected chi connectivity index (χ0v) is 16.4. The minimum Gasteiger partial charge on any atom is -0.349 e. The number of aromatic amines is 1. The van der Waals surface area contributed by atoms with E-state index in [4.69, 9.17) is 0 Å². The lowest BCUT2D eigenvalue weighted by molar-refractivity contribution is -0.119. The van der Waals surface area contributed by atoms with Crippen molar-refractivity contribution >= 4 is 33.6 Å². The van der Waals surface area contributed by atoms with Crippen molar-refractivity contribution in [1.82, 2.24) is 15.3 Å². The molecule has 3 aromatic rings. The van der Waals surface area contributed by atoms with E-state index in [1.165, 1.54) is 23.9 Å². The standard InChI is InChI=1S/C19H17BrFN3OS/c1-12(13-4-8-16(21)9-5-13)23-18(25)11-26-19-22-10-17(24-19)14-2-6-15(20)7-3-14/h2-10,12H,11H2,1H3,(H,22,24)(H,23,25)/t12-/m0/s1. The third-order valence-corrected chi connectivity index (χ3v) is 5.21. The number of aromatic nitrogens is 2. The number of benzene rings is 2. The summed E-state index contributed by atoms with van der Waals surface area (Å²) < 4.78 is 14.0. The molecule has 0 bridgehead atoms. The summed E-state index contributed by atoms with van der Waals surface area (Å²) >= 11 is 4.75. The summed E-state index contributed by atoms with van der Waals surface area (Å²) in [5.41, 5.74) is 2.79. The van der Waals surface area contributed by atoms with Crippen LogP contribution in [0.3, 0.4) is 0 Å². The molecule has 1 atom stereocenters. The number of hydrogen-bond acceptors (Lipinski definition) is 3. The molecule has 0 aliphatic carbocycles. The van der Waals surface area contributed by atoms with Gasteiger partial charge in [0.15, 0.2) is 5.16 Å². The number of imidazole rings is 1. The SMILES string of the molecule is C[C@H](NC(=O)CSc1ncc(-c2ccc(Br)cc2)[nH]1)c1ccc(F)cc1. The first-order chi connectivity index (χ1) is 12.5. The third kappa shape index (κ3) is 4.95. The van der Waals surface area contributed by atoms with E-state index in [0.29, 0.717) is 5.16 Å². The first kappa shape index (κ1) is 18.7. The largest absolute Gasteiger partial charge is 0.349 e. The van der Waals surface area contributed by atoms with E-state index in [1.54, 1.807) is 18.3 Å². The topological polar surface area (TPSA) is 57.8 Å². The van der Waals surface area contributed by atoms with Crippen molar-refractivity contribution in [2.75, 3.05) is 5.75 Å². The molecule has 0 fully saturated rings. The Morgan fingerprint density at radius 3 is 2.62 bits per heavy atom. The monoisotopic (exact) mass is 433 g/mol. The Morgan fingerprint density at radius 2 is 1.92 bits per heavy atom. The minimum absolute atomic E-state index is 0.103. The highest BCUT2D eigenvalue weighted by molar-refractivity contribution is 9.10. The van der Waals surface area contributed by atoms with E-state index in [0.717, 1.165) is 21.3 Å². The molecule has 0 radical (unpaired) electrons. The average molecular weight is 434 g/mol. The summed E-state index contributed by atoms with van der Waals surface area (Å²) in [5.74, 6) is -0.144. The molecule has 7 heteroatoms. The van der Waals surface area contributed by atoms with Gasteiger partial charge in [-0.15, -0.1) is 0 Å². The lowest BCUT2D eigenvalue weighted by Gasteiger charge is -2.13. The summed E-state index contributed by atoms with van der Waals surface area (Å²) in [5, 5.41) is 3.59. The molecule has 2 aromatic carbocycles. The van der Waals surface area contributed by atoms with Crippen molar-refractivity contribution in [2.45, 2.75) is 18.1 Å². The smallest absolute Gasteiger partial charge is 0.230 e. The second-order valence-corrected chi connectivity index (χ2v) is 7.62. The van der Waals surface area contributed by atoms with Gasteiger partial charge < -0.3 is 10.3 Å². The summed E-state index contributed by atoms with van der Waals surface area (Å²) in [4.78, 5) is 19.6. The Morgan fingerprint density at radius 1 is 1.23 bits per heavy atom. The molecule has 0 aliphatic rings. The molecule has 0 saturated carbocycles. The van der Waals surface area contributed by atoms with Crippen molar-refractivity contribution in [1.29, 1.82) is 0 Å². The summed E-state index contributed by atoms with van der Waals surface area (Å²) in [6.45, 7) is 1.87. The molecule has 4 nitrogen and oxygen atoms in total. The molecular weight excluding hydrogens is 417 g/mol. The van der Waals surface area contributed by atoms with Crippen molar-refractivity contribution in [3.8, 4) is 11.3 Å². The Labute approximate surface area is 163 Å². The molecule has 26 heavy (non-hydrogen) atoms. The van der Waals surface area contributed by atoms with Crippen LogP contribution in [0.1, 0.15) is 18.5 Å². The maximum absolute atomic E-state index is 13.0. The Bertz CT molecular complexity index is 881. The lowest BCUT2D eigenvalue weighted by Crippen LogP contribution is -2.28. The van der Waals surface area contributed by atoms with Crippen LogP contribution >= 0.6 is 27.7 Å². The first-order valence-corrected chi connectivity index (χ1v) is 9.77. The number of nitrogens with one attached hydrogen (secondary N) is 2. The first-order valence-electron chi connectivity index (χ1n) is 8.00. The molecule has 134 valence electrons. The fourth-order valence-corrected chi connectivity index (χ4v) is 3.33. The molecule has 3 rings (SSSR count). The van der Waals surface area contributed by atoms with Gasteiger partial charge in [0.2, 0.25) is 5.91 Å². The van der Waals surface area contributed by atoms with Crippen LogP contribution in [0.5, 0.6) is 0 Å². The van der Waals surface area contributed by atoms with Crippen LogP contribution in [0.25, 0.3) is 11.3 Å². The van der Waals surface area contributed by atoms with Gasteiger partial charge in [-0.3, -0.25) is 4.79 Å². The van der Waals surface area contributed by atoms with Crippen LogP contribution in [0.15, 0.2) is 64.4 Å². The van der Waals surface area contributed by atoms with Gasteiger partial charge in [-0.25, -0.2) is 9.37 Å². The number of amides is 1. The summed E-state index contributed by atoms with van der Waals surface area (Å²) in [7, 11) is 0. The molecule has 2 N–H and O–H groups in total. The van der Waals surface area contributed by atoms with Crippen molar-refractivity contribution < 1.29 is 9.18 Å². The Kier molecular flexibility index (Phi) is 6.11. The summed E-state index contributed by atoms with van der Waals surface area (Å²) in [6.07, 6.45) is 1.75. The number of halogens is 2. The number of nitrogens with zero attached hydrogens (tertiary/aromatic N) is 1. The van der Waals surface area contributed by atoms with Crippen LogP contribution in [-0.2, 0) is 4.79 Å². The van der Waals surface area contributed by atoms with E-state index < -0.39 is 0 Å².